The van der Waals surface area contributed by atoms with Crippen LogP contribution in [0.4, 0.5) is 0 Å². The minimum atomic E-state index is 0.0527. The number of carbonyl (C=O) groups is 1. The van der Waals surface area contributed by atoms with E-state index in [9.17, 15) is 4.79 Å². The van der Waals surface area contributed by atoms with Gasteiger partial charge in [0.1, 0.15) is 5.82 Å². The number of aromatic nitrogens is 3. The summed E-state index contributed by atoms with van der Waals surface area (Å²) in [7, 11) is 1.94. The van der Waals surface area contributed by atoms with Gasteiger partial charge in [-0.15, -0.1) is 10.2 Å². The van der Waals surface area contributed by atoms with Crippen LogP contribution in [0.1, 0.15) is 32.5 Å². The average Bonchev–Trinajstić information content (AvgIpc) is 2.66. The fraction of sp³-hybridized carbons (Fsp3) is 0.727. The summed E-state index contributed by atoms with van der Waals surface area (Å²) in [6.45, 7) is 4.88. The van der Waals surface area contributed by atoms with Crippen LogP contribution in [0.25, 0.3) is 0 Å². The second-order valence-electron chi connectivity index (χ2n) is 3.85. The Morgan fingerprint density at radius 3 is 2.76 bits per heavy atom. The lowest BCUT2D eigenvalue weighted by Crippen LogP contribution is -2.25. The second-order valence-corrected chi connectivity index (χ2v) is 4.79. The molecular weight excluding hydrogens is 236 g/mol. The first-order valence-electron chi connectivity index (χ1n) is 5.96. The normalized spacial score (nSPS) is 10.5. The monoisotopic (exact) mass is 256 g/mol. The number of nitrogens with one attached hydrogen (secondary N) is 1. The van der Waals surface area contributed by atoms with Gasteiger partial charge in [0.25, 0.3) is 0 Å². The molecule has 1 N–H and O–H groups in total. The van der Waals surface area contributed by atoms with E-state index in [0.717, 1.165) is 36.8 Å². The van der Waals surface area contributed by atoms with E-state index in [0.29, 0.717) is 5.75 Å². The topological polar surface area (TPSA) is 59.8 Å². The molecule has 1 rings (SSSR count). The molecule has 0 unspecified atom stereocenters. The zero-order valence-corrected chi connectivity index (χ0v) is 11.5. The van der Waals surface area contributed by atoms with Crippen LogP contribution in [-0.4, -0.2) is 33.0 Å². The first kappa shape index (κ1) is 14.0. The van der Waals surface area contributed by atoms with Crippen molar-refractivity contribution in [3.63, 3.8) is 0 Å². The molecule has 1 amide bonds. The van der Waals surface area contributed by atoms with Gasteiger partial charge in [-0.2, -0.15) is 0 Å². The van der Waals surface area contributed by atoms with Gasteiger partial charge in [-0.05, 0) is 12.8 Å². The highest BCUT2D eigenvalue weighted by molar-refractivity contribution is 7.99. The Labute approximate surface area is 106 Å². The molecular formula is C11H20N4OS. The summed E-state index contributed by atoms with van der Waals surface area (Å²) in [5.41, 5.74) is 0. The maximum absolute atomic E-state index is 11.4. The molecule has 6 heteroatoms. The number of rotatable bonds is 7. The van der Waals surface area contributed by atoms with E-state index in [4.69, 9.17) is 0 Å². The lowest BCUT2D eigenvalue weighted by molar-refractivity contribution is -0.118. The molecule has 0 saturated heterocycles. The van der Waals surface area contributed by atoms with Gasteiger partial charge in [0.15, 0.2) is 5.16 Å². The Hall–Kier alpha value is -1.04. The van der Waals surface area contributed by atoms with Crippen molar-refractivity contribution in [3.05, 3.63) is 5.82 Å². The molecule has 0 aliphatic rings. The van der Waals surface area contributed by atoms with Crippen molar-refractivity contribution >= 4 is 17.7 Å². The van der Waals surface area contributed by atoms with Crippen LogP contribution in [0.5, 0.6) is 0 Å². The van der Waals surface area contributed by atoms with Crippen LogP contribution in [0, 0.1) is 0 Å². The number of hydrogen-bond donors (Lipinski definition) is 1. The first-order valence-corrected chi connectivity index (χ1v) is 6.95. The van der Waals surface area contributed by atoms with Crippen LogP contribution >= 0.6 is 11.8 Å². The van der Waals surface area contributed by atoms with E-state index < -0.39 is 0 Å². The highest BCUT2D eigenvalue weighted by atomic mass is 32.2. The largest absolute Gasteiger partial charge is 0.355 e. The molecule has 1 heterocycles. The quantitative estimate of drug-likeness (QED) is 0.749. The van der Waals surface area contributed by atoms with E-state index in [1.165, 1.54) is 11.8 Å². The fourth-order valence-corrected chi connectivity index (χ4v) is 2.12. The van der Waals surface area contributed by atoms with Gasteiger partial charge in [0.2, 0.25) is 5.91 Å². The van der Waals surface area contributed by atoms with Gasteiger partial charge in [-0.3, -0.25) is 4.79 Å². The lowest BCUT2D eigenvalue weighted by atomic mass is 10.3. The Balaban J connectivity index is 2.43. The smallest absolute Gasteiger partial charge is 0.230 e. The average molecular weight is 256 g/mol. The van der Waals surface area contributed by atoms with Crippen molar-refractivity contribution in [1.82, 2.24) is 20.1 Å². The number of hydrogen-bond acceptors (Lipinski definition) is 4. The van der Waals surface area contributed by atoms with E-state index >= 15 is 0 Å². The van der Waals surface area contributed by atoms with Crippen LogP contribution in [0.3, 0.4) is 0 Å². The van der Waals surface area contributed by atoms with Gasteiger partial charge < -0.3 is 9.88 Å². The van der Waals surface area contributed by atoms with Gasteiger partial charge >= 0.3 is 0 Å². The van der Waals surface area contributed by atoms with E-state index in [1.807, 2.05) is 18.5 Å². The number of thioether (sulfide) groups is 1. The van der Waals surface area contributed by atoms with E-state index in [-0.39, 0.29) is 5.91 Å². The Morgan fingerprint density at radius 2 is 2.12 bits per heavy atom. The molecule has 0 atom stereocenters. The fourth-order valence-electron chi connectivity index (χ4n) is 1.36. The van der Waals surface area contributed by atoms with E-state index in [2.05, 4.69) is 22.4 Å². The van der Waals surface area contributed by atoms with Crippen molar-refractivity contribution in [2.75, 3.05) is 12.3 Å². The highest BCUT2D eigenvalue weighted by Gasteiger charge is 2.10. The molecule has 17 heavy (non-hydrogen) atoms. The number of amides is 1. The van der Waals surface area contributed by atoms with Crippen molar-refractivity contribution in [2.24, 2.45) is 7.05 Å². The van der Waals surface area contributed by atoms with E-state index in [1.54, 1.807) is 0 Å². The summed E-state index contributed by atoms with van der Waals surface area (Å²) in [5, 5.41) is 11.8. The van der Waals surface area contributed by atoms with Crippen molar-refractivity contribution < 1.29 is 4.79 Å². The molecule has 0 aliphatic heterocycles. The number of nitrogens with zero attached hydrogens (tertiary/aromatic N) is 3. The van der Waals surface area contributed by atoms with Crippen LogP contribution in [0.2, 0.25) is 0 Å². The number of aryl methyl sites for hydroxylation is 1. The van der Waals surface area contributed by atoms with Gasteiger partial charge in [0.05, 0.1) is 5.75 Å². The van der Waals surface area contributed by atoms with Crippen LogP contribution in [0.15, 0.2) is 5.16 Å². The molecule has 5 nitrogen and oxygen atoms in total. The maximum atomic E-state index is 11.4. The molecule has 0 spiro atoms. The summed E-state index contributed by atoms with van der Waals surface area (Å²) in [4.78, 5) is 11.4. The Kier molecular flexibility index (Phi) is 6.04. The summed E-state index contributed by atoms with van der Waals surface area (Å²) in [6.07, 6.45) is 2.93. The second kappa shape index (κ2) is 7.32. The van der Waals surface area contributed by atoms with Gasteiger partial charge in [-0.1, -0.05) is 25.6 Å². The molecule has 1 aromatic heterocycles. The Morgan fingerprint density at radius 1 is 1.35 bits per heavy atom. The van der Waals surface area contributed by atoms with Crippen molar-refractivity contribution in [3.8, 4) is 0 Å². The molecule has 96 valence electrons. The Bertz CT molecular complexity index is 364. The predicted molar refractivity (Wildman–Crippen MR) is 69.0 cm³/mol. The molecule has 0 saturated carbocycles. The third kappa shape index (κ3) is 4.38. The third-order valence-electron chi connectivity index (χ3n) is 2.30. The zero-order valence-electron chi connectivity index (χ0n) is 10.7. The molecule has 0 aliphatic carbocycles. The van der Waals surface area contributed by atoms with Crippen molar-refractivity contribution in [1.29, 1.82) is 0 Å². The minimum absolute atomic E-state index is 0.0527. The maximum Gasteiger partial charge on any atom is 0.230 e. The van der Waals surface area contributed by atoms with Gasteiger partial charge in [0, 0.05) is 20.0 Å². The first-order chi connectivity index (χ1) is 8.19. The summed E-state index contributed by atoms with van der Waals surface area (Å²) in [6, 6.07) is 0. The summed E-state index contributed by atoms with van der Waals surface area (Å²) in [5.74, 6) is 1.43. The van der Waals surface area contributed by atoms with Crippen LogP contribution in [-0.2, 0) is 18.3 Å². The number of carbonyl (C=O) groups excluding carboxylic acids is 1. The molecule has 0 bridgehead atoms. The molecule has 0 fully saturated rings. The SMILES string of the molecule is CCCNC(=O)CSc1nnc(CCC)n1C. The molecule has 0 radical (unpaired) electrons. The predicted octanol–water partition coefficient (Wildman–Crippen LogP) is 1.39. The lowest BCUT2D eigenvalue weighted by Gasteiger charge is -2.03. The standard InChI is InChI=1S/C11H20N4OS/c1-4-6-9-13-14-11(15(9)3)17-8-10(16)12-7-5-2/h4-8H2,1-3H3,(H,12,16). The summed E-state index contributed by atoms with van der Waals surface area (Å²) >= 11 is 1.43. The third-order valence-corrected chi connectivity index (χ3v) is 3.32. The highest BCUT2D eigenvalue weighted by Crippen LogP contribution is 2.15. The summed E-state index contributed by atoms with van der Waals surface area (Å²) < 4.78 is 1.96. The molecule has 0 aromatic carbocycles. The zero-order chi connectivity index (χ0) is 12.7. The van der Waals surface area contributed by atoms with Crippen LogP contribution < -0.4 is 5.32 Å². The van der Waals surface area contributed by atoms with Crippen molar-refractivity contribution in [2.45, 2.75) is 38.3 Å². The molecule has 1 aromatic rings. The van der Waals surface area contributed by atoms with Gasteiger partial charge in [-0.25, -0.2) is 0 Å². The minimum Gasteiger partial charge on any atom is -0.355 e.